The number of rotatable bonds is 4. The maximum Gasteiger partial charge on any atom is 0.225 e. The number of nitrogens with one attached hydrogen (secondary N) is 2. The monoisotopic (exact) mass is 272 g/mol. The molecule has 0 aromatic carbocycles. The van der Waals surface area contributed by atoms with Crippen LogP contribution in [0.15, 0.2) is 30.6 Å². The van der Waals surface area contributed by atoms with Crippen LogP contribution in [0.3, 0.4) is 0 Å². The lowest BCUT2D eigenvalue weighted by Crippen LogP contribution is -2.13. The highest BCUT2D eigenvalue weighted by molar-refractivity contribution is 5.89. The second-order valence-corrected chi connectivity index (χ2v) is 5.82. The Morgan fingerprint density at radius 1 is 1.30 bits per heavy atom. The lowest BCUT2D eigenvalue weighted by molar-refractivity contribution is -0.116. The first-order valence-corrected chi connectivity index (χ1v) is 6.70. The smallest absolute Gasteiger partial charge is 0.225 e. The molecule has 0 atom stereocenters. The van der Waals surface area contributed by atoms with Crippen molar-refractivity contribution in [3.8, 4) is 0 Å². The van der Waals surface area contributed by atoms with E-state index in [4.69, 9.17) is 0 Å². The molecule has 5 nitrogen and oxygen atoms in total. The van der Waals surface area contributed by atoms with Gasteiger partial charge in [-0.05, 0) is 24.1 Å². The molecule has 0 saturated heterocycles. The second kappa shape index (κ2) is 5.86. The lowest BCUT2D eigenvalue weighted by Gasteiger charge is -2.14. The minimum atomic E-state index is -0.0335. The average molecular weight is 272 g/mol. The third-order valence-corrected chi connectivity index (χ3v) is 3.04. The molecule has 0 spiro atoms. The zero-order valence-electron chi connectivity index (χ0n) is 12.1. The third-order valence-electron chi connectivity index (χ3n) is 3.04. The molecule has 1 amide bonds. The van der Waals surface area contributed by atoms with Crippen LogP contribution < -0.4 is 5.32 Å². The van der Waals surface area contributed by atoms with Crippen molar-refractivity contribution in [3.63, 3.8) is 0 Å². The molecular formula is C15H20N4O. The van der Waals surface area contributed by atoms with Gasteiger partial charge < -0.3 is 5.32 Å². The van der Waals surface area contributed by atoms with E-state index < -0.39 is 0 Å². The van der Waals surface area contributed by atoms with E-state index in [0.29, 0.717) is 18.7 Å². The minimum Gasteiger partial charge on any atom is -0.309 e. The number of H-pyrrole nitrogens is 1. The van der Waals surface area contributed by atoms with Crippen molar-refractivity contribution >= 4 is 11.7 Å². The quantitative estimate of drug-likeness (QED) is 0.899. The van der Waals surface area contributed by atoms with Gasteiger partial charge in [0.05, 0.1) is 0 Å². The SMILES string of the molecule is CC(C)(C)c1cc(NC(=O)CCc2ccncc2)n[nH]1. The highest BCUT2D eigenvalue weighted by atomic mass is 16.1. The number of hydrogen-bond acceptors (Lipinski definition) is 3. The molecule has 2 heterocycles. The van der Waals surface area contributed by atoms with E-state index in [1.54, 1.807) is 12.4 Å². The molecular weight excluding hydrogens is 252 g/mol. The summed E-state index contributed by atoms with van der Waals surface area (Å²) >= 11 is 0. The second-order valence-electron chi connectivity index (χ2n) is 5.82. The Kier molecular flexibility index (Phi) is 4.17. The molecule has 20 heavy (non-hydrogen) atoms. The van der Waals surface area contributed by atoms with Crippen molar-refractivity contribution in [2.75, 3.05) is 5.32 Å². The van der Waals surface area contributed by atoms with Gasteiger partial charge in [0.15, 0.2) is 5.82 Å². The van der Waals surface area contributed by atoms with Gasteiger partial charge in [0.2, 0.25) is 5.91 Å². The number of amides is 1. The van der Waals surface area contributed by atoms with Crippen LogP contribution in [0.2, 0.25) is 0 Å². The molecule has 106 valence electrons. The fraction of sp³-hybridized carbons (Fsp3) is 0.400. The van der Waals surface area contributed by atoms with Crippen molar-refractivity contribution in [2.45, 2.75) is 39.0 Å². The average Bonchev–Trinajstić information content (AvgIpc) is 2.86. The maximum atomic E-state index is 11.9. The highest BCUT2D eigenvalue weighted by Gasteiger charge is 2.17. The number of anilines is 1. The van der Waals surface area contributed by atoms with E-state index in [1.807, 2.05) is 18.2 Å². The van der Waals surface area contributed by atoms with Crippen LogP contribution in [0.25, 0.3) is 0 Å². The molecule has 0 aliphatic heterocycles. The molecule has 0 radical (unpaired) electrons. The zero-order chi connectivity index (χ0) is 14.6. The Balaban J connectivity index is 1.87. The van der Waals surface area contributed by atoms with Gasteiger partial charge in [-0.15, -0.1) is 0 Å². The summed E-state index contributed by atoms with van der Waals surface area (Å²) in [6.07, 6.45) is 4.60. The first kappa shape index (κ1) is 14.2. The van der Waals surface area contributed by atoms with Crippen LogP contribution in [0.1, 0.15) is 38.4 Å². The van der Waals surface area contributed by atoms with Crippen molar-refractivity contribution in [1.29, 1.82) is 0 Å². The summed E-state index contributed by atoms with van der Waals surface area (Å²) in [5, 5.41) is 9.87. The molecule has 0 bridgehead atoms. The number of nitrogens with zero attached hydrogens (tertiary/aromatic N) is 2. The van der Waals surface area contributed by atoms with E-state index in [9.17, 15) is 4.79 Å². The normalized spacial score (nSPS) is 11.3. The molecule has 2 aromatic rings. The summed E-state index contributed by atoms with van der Waals surface area (Å²) in [4.78, 5) is 15.8. The van der Waals surface area contributed by atoms with Crippen molar-refractivity contribution in [3.05, 3.63) is 41.9 Å². The van der Waals surface area contributed by atoms with Gasteiger partial charge in [-0.3, -0.25) is 14.9 Å². The lowest BCUT2D eigenvalue weighted by atomic mass is 9.92. The summed E-state index contributed by atoms with van der Waals surface area (Å²) < 4.78 is 0. The van der Waals surface area contributed by atoms with Crippen LogP contribution in [0.4, 0.5) is 5.82 Å². The largest absolute Gasteiger partial charge is 0.309 e. The minimum absolute atomic E-state index is 0.00693. The van der Waals surface area contributed by atoms with Gasteiger partial charge in [0.25, 0.3) is 0 Å². The van der Waals surface area contributed by atoms with Crippen LogP contribution in [-0.4, -0.2) is 21.1 Å². The Morgan fingerprint density at radius 2 is 2.00 bits per heavy atom. The van der Waals surface area contributed by atoms with Crippen molar-refractivity contribution < 1.29 is 4.79 Å². The molecule has 2 N–H and O–H groups in total. The summed E-state index contributed by atoms with van der Waals surface area (Å²) in [5.74, 6) is 0.545. The van der Waals surface area contributed by atoms with Gasteiger partial charge in [0, 0.05) is 36.0 Å². The first-order valence-electron chi connectivity index (χ1n) is 6.70. The van der Waals surface area contributed by atoms with E-state index in [0.717, 1.165) is 11.3 Å². The van der Waals surface area contributed by atoms with Crippen LogP contribution in [0.5, 0.6) is 0 Å². The van der Waals surface area contributed by atoms with Crippen LogP contribution >= 0.6 is 0 Å². The predicted octanol–water partition coefficient (Wildman–Crippen LogP) is 2.67. The summed E-state index contributed by atoms with van der Waals surface area (Å²) in [6, 6.07) is 5.71. The Labute approximate surface area is 118 Å². The van der Waals surface area contributed by atoms with E-state index in [-0.39, 0.29) is 11.3 Å². The maximum absolute atomic E-state index is 11.9. The van der Waals surface area contributed by atoms with Crippen LogP contribution in [0, 0.1) is 0 Å². The standard InChI is InChI=1S/C15H20N4O/c1-15(2,3)12-10-13(19-18-12)17-14(20)5-4-11-6-8-16-9-7-11/h6-10H,4-5H2,1-3H3,(H2,17,18,19,20). The molecule has 0 unspecified atom stereocenters. The molecule has 0 aliphatic rings. The summed E-state index contributed by atoms with van der Waals surface area (Å²) in [6.45, 7) is 6.28. The van der Waals surface area contributed by atoms with Gasteiger partial charge in [-0.2, -0.15) is 5.10 Å². The van der Waals surface area contributed by atoms with Crippen molar-refractivity contribution in [1.82, 2.24) is 15.2 Å². The van der Waals surface area contributed by atoms with E-state index in [2.05, 4.69) is 41.3 Å². The Bertz CT molecular complexity index is 569. The Hall–Kier alpha value is -2.17. The number of carbonyl (C=O) groups excluding carboxylic acids is 1. The number of hydrogen-bond donors (Lipinski definition) is 2. The van der Waals surface area contributed by atoms with Gasteiger partial charge in [0.1, 0.15) is 0 Å². The highest BCUT2D eigenvalue weighted by Crippen LogP contribution is 2.21. The number of carbonyl (C=O) groups is 1. The summed E-state index contributed by atoms with van der Waals surface area (Å²) in [7, 11) is 0. The molecule has 2 aromatic heterocycles. The molecule has 0 fully saturated rings. The molecule has 0 aliphatic carbocycles. The van der Waals surface area contributed by atoms with E-state index >= 15 is 0 Å². The zero-order valence-corrected chi connectivity index (χ0v) is 12.1. The van der Waals surface area contributed by atoms with E-state index in [1.165, 1.54) is 0 Å². The fourth-order valence-corrected chi connectivity index (χ4v) is 1.78. The number of aryl methyl sites for hydroxylation is 1. The van der Waals surface area contributed by atoms with Crippen LogP contribution in [-0.2, 0) is 16.6 Å². The third kappa shape index (κ3) is 3.91. The predicted molar refractivity (Wildman–Crippen MR) is 78.5 cm³/mol. The van der Waals surface area contributed by atoms with Gasteiger partial charge >= 0.3 is 0 Å². The molecule has 2 rings (SSSR count). The summed E-state index contributed by atoms with van der Waals surface area (Å²) in [5.41, 5.74) is 2.10. The number of aromatic amines is 1. The fourth-order valence-electron chi connectivity index (χ4n) is 1.78. The number of aromatic nitrogens is 3. The van der Waals surface area contributed by atoms with Crippen molar-refractivity contribution in [2.24, 2.45) is 0 Å². The first-order chi connectivity index (χ1) is 9.45. The molecule has 5 heteroatoms. The number of pyridine rings is 1. The topological polar surface area (TPSA) is 70.7 Å². The van der Waals surface area contributed by atoms with Gasteiger partial charge in [-0.25, -0.2) is 0 Å². The molecule has 0 saturated carbocycles. The van der Waals surface area contributed by atoms with Gasteiger partial charge in [-0.1, -0.05) is 20.8 Å². The Morgan fingerprint density at radius 3 is 2.60 bits per heavy atom.